The normalized spacial score (nSPS) is 11.3. The molecular formula is C19H25N3O5. The monoisotopic (exact) mass is 375 g/mol. The largest absolute Gasteiger partial charge is 0.452 e. The summed E-state index contributed by atoms with van der Waals surface area (Å²) in [5.41, 5.74) is 0.0975. The van der Waals surface area contributed by atoms with Crippen molar-refractivity contribution in [3.8, 4) is 0 Å². The molecule has 0 unspecified atom stereocenters. The molecule has 0 bridgehead atoms. The van der Waals surface area contributed by atoms with E-state index >= 15 is 0 Å². The third-order valence-electron chi connectivity index (χ3n) is 3.17. The lowest BCUT2D eigenvalue weighted by atomic mass is 10.1. The molecule has 1 aromatic carbocycles. The van der Waals surface area contributed by atoms with Gasteiger partial charge >= 0.3 is 12.1 Å². The lowest BCUT2D eigenvalue weighted by Crippen LogP contribution is -2.27. The fourth-order valence-electron chi connectivity index (χ4n) is 2.15. The average Bonchev–Trinajstić information content (AvgIpc) is 2.97. The van der Waals surface area contributed by atoms with Crippen LogP contribution in [0.1, 0.15) is 56.7 Å². The molecule has 0 spiro atoms. The molecule has 1 N–H and O–H groups in total. The Morgan fingerprint density at radius 2 is 2.00 bits per heavy atom. The van der Waals surface area contributed by atoms with Crippen LogP contribution in [-0.2, 0) is 22.5 Å². The zero-order valence-corrected chi connectivity index (χ0v) is 16.2. The van der Waals surface area contributed by atoms with Crippen molar-refractivity contribution >= 4 is 17.7 Å². The van der Waals surface area contributed by atoms with Crippen LogP contribution in [0.2, 0.25) is 0 Å². The van der Waals surface area contributed by atoms with Crippen molar-refractivity contribution in [3.05, 3.63) is 41.5 Å². The molecule has 146 valence electrons. The first-order valence-electron chi connectivity index (χ1n) is 8.71. The molecule has 0 aliphatic rings. The Labute approximate surface area is 158 Å². The smallest absolute Gasteiger partial charge is 0.412 e. The van der Waals surface area contributed by atoms with E-state index < -0.39 is 17.7 Å². The van der Waals surface area contributed by atoms with Crippen molar-refractivity contribution < 1.29 is 23.6 Å². The summed E-state index contributed by atoms with van der Waals surface area (Å²) in [4.78, 5) is 28.2. The lowest BCUT2D eigenvalue weighted by Gasteiger charge is -2.19. The topological polar surface area (TPSA) is 104 Å². The van der Waals surface area contributed by atoms with E-state index in [1.165, 1.54) is 6.07 Å². The standard InChI is InChI=1S/C19H25N3O5/c1-12(2)9-15-21-16(27-22-15)11-25-17(23)13-7-6-8-14(10-13)20-18(24)26-19(3,4)5/h6-8,10,12H,9,11H2,1-5H3,(H,20,24). The lowest BCUT2D eigenvalue weighted by molar-refractivity contribution is 0.0429. The minimum absolute atomic E-state index is 0.117. The SMILES string of the molecule is CC(C)Cc1noc(COC(=O)c2cccc(NC(=O)OC(C)(C)C)c2)n1. The second-order valence-corrected chi connectivity index (χ2v) is 7.49. The number of benzene rings is 1. The van der Waals surface area contributed by atoms with Crippen LogP contribution in [0.25, 0.3) is 0 Å². The zero-order valence-electron chi connectivity index (χ0n) is 16.2. The fraction of sp³-hybridized carbons (Fsp3) is 0.474. The Kier molecular flexibility index (Phi) is 6.55. The summed E-state index contributed by atoms with van der Waals surface area (Å²) >= 11 is 0. The van der Waals surface area contributed by atoms with Crippen LogP contribution in [0.15, 0.2) is 28.8 Å². The first-order valence-corrected chi connectivity index (χ1v) is 8.71. The van der Waals surface area contributed by atoms with E-state index in [0.717, 1.165) is 0 Å². The summed E-state index contributed by atoms with van der Waals surface area (Å²) in [5.74, 6) is 0.659. The molecule has 1 aromatic heterocycles. The second-order valence-electron chi connectivity index (χ2n) is 7.49. The molecule has 0 aliphatic carbocycles. The number of amides is 1. The summed E-state index contributed by atoms with van der Waals surface area (Å²) in [6, 6.07) is 6.37. The Bertz CT molecular complexity index is 793. The molecule has 0 atom stereocenters. The molecule has 0 saturated carbocycles. The highest BCUT2D eigenvalue weighted by molar-refractivity contribution is 5.92. The highest BCUT2D eigenvalue weighted by Gasteiger charge is 2.17. The molecule has 27 heavy (non-hydrogen) atoms. The van der Waals surface area contributed by atoms with Gasteiger partial charge in [0.2, 0.25) is 0 Å². The Balaban J connectivity index is 1.92. The second kappa shape index (κ2) is 8.66. The molecule has 2 aromatic rings. The summed E-state index contributed by atoms with van der Waals surface area (Å²) in [6.07, 6.45) is 0.0899. The third kappa shape index (κ3) is 7.08. The van der Waals surface area contributed by atoms with Crippen LogP contribution in [0.4, 0.5) is 10.5 Å². The number of hydrogen-bond acceptors (Lipinski definition) is 7. The van der Waals surface area contributed by atoms with Crippen LogP contribution >= 0.6 is 0 Å². The number of carbonyl (C=O) groups is 2. The first kappa shape index (κ1) is 20.4. The van der Waals surface area contributed by atoms with Crippen LogP contribution in [-0.4, -0.2) is 27.8 Å². The van der Waals surface area contributed by atoms with Crippen molar-refractivity contribution in [2.45, 2.75) is 53.2 Å². The number of carbonyl (C=O) groups excluding carboxylic acids is 2. The summed E-state index contributed by atoms with van der Waals surface area (Å²) in [7, 11) is 0. The van der Waals surface area contributed by atoms with E-state index in [1.807, 2.05) is 13.8 Å². The fourth-order valence-corrected chi connectivity index (χ4v) is 2.15. The molecule has 1 heterocycles. The Morgan fingerprint density at radius 3 is 2.67 bits per heavy atom. The maximum absolute atomic E-state index is 12.2. The molecule has 0 radical (unpaired) electrons. The highest BCUT2D eigenvalue weighted by Crippen LogP contribution is 2.15. The van der Waals surface area contributed by atoms with Crippen LogP contribution in [0.3, 0.4) is 0 Å². The van der Waals surface area contributed by atoms with Crippen LogP contribution < -0.4 is 5.32 Å². The Hall–Kier alpha value is -2.90. The number of nitrogens with one attached hydrogen (secondary N) is 1. The van der Waals surface area contributed by atoms with Crippen molar-refractivity contribution in [1.29, 1.82) is 0 Å². The van der Waals surface area contributed by atoms with E-state index in [0.29, 0.717) is 23.9 Å². The van der Waals surface area contributed by atoms with Gasteiger partial charge in [-0.2, -0.15) is 4.98 Å². The van der Waals surface area contributed by atoms with E-state index in [-0.39, 0.29) is 18.1 Å². The molecule has 0 saturated heterocycles. The van der Waals surface area contributed by atoms with Gasteiger partial charge in [-0.3, -0.25) is 5.32 Å². The van der Waals surface area contributed by atoms with Gasteiger partial charge in [0.15, 0.2) is 12.4 Å². The first-order chi connectivity index (χ1) is 12.6. The maximum atomic E-state index is 12.2. The minimum atomic E-state index is -0.612. The van der Waals surface area contributed by atoms with E-state index in [9.17, 15) is 9.59 Å². The van der Waals surface area contributed by atoms with E-state index in [1.54, 1.807) is 39.0 Å². The van der Waals surface area contributed by atoms with Crippen LogP contribution in [0.5, 0.6) is 0 Å². The Morgan fingerprint density at radius 1 is 1.26 bits per heavy atom. The van der Waals surface area contributed by atoms with E-state index in [4.69, 9.17) is 14.0 Å². The van der Waals surface area contributed by atoms with E-state index in [2.05, 4.69) is 15.5 Å². The minimum Gasteiger partial charge on any atom is -0.452 e. The number of nitrogens with zero attached hydrogens (tertiary/aromatic N) is 2. The molecule has 0 fully saturated rings. The van der Waals surface area contributed by atoms with Gasteiger partial charge in [-0.05, 0) is 44.9 Å². The molecular weight excluding hydrogens is 350 g/mol. The van der Waals surface area contributed by atoms with Gasteiger partial charge in [0.1, 0.15) is 5.60 Å². The van der Waals surface area contributed by atoms with Gasteiger partial charge in [-0.15, -0.1) is 0 Å². The van der Waals surface area contributed by atoms with Gasteiger partial charge < -0.3 is 14.0 Å². The number of rotatable bonds is 6. The zero-order chi connectivity index (χ0) is 20.0. The van der Waals surface area contributed by atoms with Crippen molar-refractivity contribution in [2.24, 2.45) is 5.92 Å². The van der Waals surface area contributed by atoms with Crippen molar-refractivity contribution in [3.63, 3.8) is 0 Å². The number of esters is 1. The van der Waals surface area contributed by atoms with Gasteiger partial charge in [-0.1, -0.05) is 25.1 Å². The summed E-state index contributed by atoms with van der Waals surface area (Å²) in [6.45, 7) is 9.29. The predicted octanol–water partition coefficient (Wildman–Crippen LogP) is 3.97. The van der Waals surface area contributed by atoms with Gasteiger partial charge in [0.25, 0.3) is 5.89 Å². The van der Waals surface area contributed by atoms with Crippen molar-refractivity contribution in [2.75, 3.05) is 5.32 Å². The molecule has 0 aliphatic heterocycles. The van der Waals surface area contributed by atoms with Gasteiger partial charge in [0, 0.05) is 12.1 Å². The summed E-state index contributed by atoms with van der Waals surface area (Å²) in [5, 5.41) is 6.42. The molecule has 1 amide bonds. The quantitative estimate of drug-likeness (QED) is 0.762. The summed E-state index contributed by atoms with van der Waals surface area (Å²) < 4.78 is 15.4. The third-order valence-corrected chi connectivity index (χ3v) is 3.17. The molecule has 2 rings (SSSR count). The predicted molar refractivity (Wildman–Crippen MR) is 98.3 cm³/mol. The van der Waals surface area contributed by atoms with Crippen molar-refractivity contribution in [1.82, 2.24) is 10.1 Å². The number of aromatic nitrogens is 2. The highest BCUT2D eigenvalue weighted by atomic mass is 16.6. The number of anilines is 1. The van der Waals surface area contributed by atoms with Gasteiger partial charge in [-0.25, -0.2) is 9.59 Å². The van der Waals surface area contributed by atoms with Crippen LogP contribution in [0, 0.1) is 5.92 Å². The number of ether oxygens (including phenoxy) is 2. The average molecular weight is 375 g/mol. The van der Waals surface area contributed by atoms with Gasteiger partial charge in [0.05, 0.1) is 5.56 Å². The molecule has 8 heteroatoms. The number of hydrogen-bond donors (Lipinski definition) is 1. The maximum Gasteiger partial charge on any atom is 0.412 e. The molecule has 8 nitrogen and oxygen atoms in total.